The Morgan fingerprint density at radius 2 is 1.96 bits per heavy atom. The van der Waals surface area contributed by atoms with Crippen LogP contribution in [-0.2, 0) is 24.4 Å². The number of halogens is 2. The normalized spacial score (nSPS) is 25.1. The number of hydrogen-bond donors (Lipinski definition) is 0. The molecule has 2 saturated heterocycles. The van der Waals surface area contributed by atoms with Crippen molar-refractivity contribution in [3.05, 3.63) is 35.4 Å². The van der Waals surface area contributed by atoms with Gasteiger partial charge in [0.2, 0.25) is 10.0 Å². The molecule has 0 N–H and O–H groups in total. The predicted molar refractivity (Wildman–Crippen MR) is 96.5 cm³/mol. The summed E-state index contributed by atoms with van der Waals surface area (Å²) in [7, 11) is -2.36. The van der Waals surface area contributed by atoms with Crippen LogP contribution in [0.5, 0.6) is 0 Å². The maximum atomic E-state index is 14.3. The summed E-state index contributed by atoms with van der Waals surface area (Å²) in [6.45, 7) is 2.19. The van der Waals surface area contributed by atoms with Crippen molar-refractivity contribution in [2.24, 2.45) is 5.92 Å². The number of nitrogens with zero attached hydrogens (tertiary/aromatic N) is 2. The fourth-order valence-corrected chi connectivity index (χ4v) is 5.77. The van der Waals surface area contributed by atoms with Crippen LogP contribution in [-0.4, -0.2) is 62.4 Å². The number of piperidine rings is 1. The fourth-order valence-electron chi connectivity index (χ4n) is 3.79. The highest BCUT2D eigenvalue weighted by molar-refractivity contribution is 7.89. The molecule has 2 aliphatic heterocycles. The molecule has 10 heteroatoms. The highest BCUT2D eigenvalue weighted by Crippen LogP contribution is 2.37. The predicted octanol–water partition coefficient (Wildman–Crippen LogP) is 1.86. The van der Waals surface area contributed by atoms with Gasteiger partial charge in [-0.3, -0.25) is 9.63 Å². The molecule has 156 valence electrons. The third kappa shape index (κ3) is 3.91. The Hall–Kier alpha value is -1.62. The summed E-state index contributed by atoms with van der Waals surface area (Å²) in [6, 6.07) is 2.72. The smallest absolute Gasteiger partial charge is 0.309 e. The molecule has 1 aromatic rings. The van der Waals surface area contributed by atoms with Gasteiger partial charge in [-0.25, -0.2) is 21.5 Å². The number of hydroxylamine groups is 2. The van der Waals surface area contributed by atoms with E-state index in [0.29, 0.717) is 12.8 Å². The van der Waals surface area contributed by atoms with Crippen LogP contribution in [0.4, 0.5) is 8.78 Å². The lowest BCUT2D eigenvalue weighted by Crippen LogP contribution is -2.47. The number of ether oxygens (including phenoxy) is 1. The van der Waals surface area contributed by atoms with Crippen LogP contribution in [0, 0.1) is 17.6 Å². The molecular formula is C18H24F2N2O5S. The Morgan fingerprint density at radius 3 is 2.61 bits per heavy atom. The van der Waals surface area contributed by atoms with Crippen molar-refractivity contribution in [1.82, 2.24) is 9.37 Å². The van der Waals surface area contributed by atoms with E-state index in [4.69, 9.17) is 9.57 Å². The first-order chi connectivity index (χ1) is 13.3. The minimum absolute atomic E-state index is 0.0602. The first-order valence-corrected chi connectivity index (χ1v) is 10.7. The maximum Gasteiger partial charge on any atom is 0.309 e. The Morgan fingerprint density at radius 1 is 1.29 bits per heavy atom. The van der Waals surface area contributed by atoms with Gasteiger partial charge in [-0.15, -0.1) is 0 Å². The van der Waals surface area contributed by atoms with Gasteiger partial charge in [-0.1, -0.05) is 12.1 Å². The number of esters is 1. The van der Waals surface area contributed by atoms with Crippen LogP contribution < -0.4 is 0 Å². The monoisotopic (exact) mass is 418 g/mol. The number of carbonyl (C=O) groups is 1. The molecule has 2 heterocycles. The molecule has 0 aromatic heterocycles. The number of rotatable bonds is 5. The minimum atomic E-state index is -3.86. The first kappa shape index (κ1) is 21.1. The molecule has 2 fully saturated rings. The Balaban J connectivity index is 1.79. The Bertz CT molecular complexity index is 827. The van der Waals surface area contributed by atoms with Crippen molar-refractivity contribution in [2.45, 2.75) is 31.1 Å². The second-order valence-electron chi connectivity index (χ2n) is 6.94. The van der Waals surface area contributed by atoms with Crippen LogP contribution in [0.3, 0.4) is 0 Å². The molecule has 0 spiro atoms. The van der Waals surface area contributed by atoms with E-state index in [2.05, 4.69) is 0 Å². The van der Waals surface area contributed by atoms with Crippen molar-refractivity contribution in [1.29, 1.82) is 0 Å². The van der Waals surface area contributed by atoms with Crippen LogP contribution in [0.25, 0.3) is 0 Å². The van der Waals surface area contributed by atoms with Gasteiger partial charge in [-0.05, 0) is 25.8 Å². The summed E-state index contributed by atoms with van der Waals surface area (Å²) in [5, 5.41) is 0.179. The van der Waals surface area contributed by atoms with E-state index in [-0.39, 0.29) is 43.8 Å². The third-order valence-electron chi connectivity index (χ3n) is 5.30. The summed E-state index contributed by atoms with van der Waals surface area (Å²) in [5.74, 6) is -2.76. The molecule has 3 rings (SSSR count). The highest BCUT2D eigenvalue weighted by Gasteiger charge is 2.47. The topological polar surface area (TPSA) is 76.1 Å². The number of carbonyl (C=O) groups excluding carboxylic acids is 1. The largest absolute Gasteiger partial charge is 0.466 e. The maximum absolute atomic E-state index is 14.3. The van der Waals surface area contributed by atoms with E-state index in [1.807, 2.05) is 0 Å². The van der Waals surface area contributed by atoms with Gasteiger partial charge in [0.05, 0.1) is 25.2 Å². The zero-order chi connectivity index (χ0) is 20.5. The molecule has 28 heavy (non-hydrogen) atoms. The van der Waals surface area contributed by atoms with Gasteiger partial charge in [0.15, 0.2) is 11.6 Å². The molecule has 0 radical (unpaired) electrons. The molecule has 7 nitrogen and oxygen atoms in total. The molecule has 0 saturated carbocycles. The van der Waals surface area contributed by atoms with Crippen molar-refractivity contribution in [3.63, 3.8) is 0 Å². The van der Waals surface area contributed by atoms with E-state index in [1.54, 1.807) is 6.92 Å². The standard InChI is InChI=1S/C18H24F2N2O5S/c1-3-26-18(23)12-7-9-22(10-8-12)28(24,25)15-11-27-21(2)17(15)13-5-4-6-14(19)16(13)20/h4-6,12,15,17H,3,7-11H2,1-2H3/t15-,17-/m1/s1. The summed E-state index contributed by atoms with van der Waals surface area (Å²) in [4.78, 5) is 17.2. The van der Waals surface area contributed by atoms with Gasteiger partial charge >= 0.3 is 5.97 Å². The summed E-state index contributed by atoms with van der Waals surface area (Å²) < 4.78 is 60.7. The van der Waals surface area contributed by atoms with E-state index in [1.165, 1.54) is 28.5 Å². The van der Waals surface area contributed by atoms with Crippen molar-refractivity contribution < 1.29 is 31.6 Å². The molecule has 0 amide bonds. The third-order valence-corrected chi connectivity index (χ3v) is 7.55. The molecule has 1 aromatic carbocycles. The summed E-state index contributed by atoms with van der Waals surface area (Å²) >= 11 is 0. The van der Waals surface area contributed by atoms with Crippen molar-refractivity contribution in [3.8, 4) is 0 Å². The van der Waals surface area contributed by atoms with Gasteiger partial charge in [0.25, 0.3) is 0 Å². The SMILES string of the molecule is CCOC(=O)C1CCN(S(=O)(=O)[C@@H]2CON(C)[C@@H]2c2cccc(F)c2F)CC1. The highest BCUT2D eigenvalue weighted by atomic mass is 32.2. The van der Waals surface area contributed by atoms with Crippen LogP contribution >= 0.6 is 0 Å². The van der Waals surface area contributed by atoms with Crippen LogP contribution in [0.15, 0.2) is 18.2 Å². The van der Waals surface area contributed by atoms with Gasteiger partial charge in [0.1, 0.15) is 5.25 Å². The van der Waals surface area contributed by atoms with E-state index < -0.39 is 32.9 Å². The van der Waals surface area contributed by atoms with E-state index in [9.17, 15) is 22.0 Å². The molecule has 2 aliphatic rings. The van der Waals surface area contributed by atoms with Crippen molar-refractivity contribution in [2.75, 3.05) is 33.4 Å². The van der Waals surface area contributed by atoms with E-state index in [0.717, 1.165) is 6.07 Å². The lowest BCUT2D eigenvalue weighted by atomic mass is 9.98. The number of benzene rings is 1. The quantitative estimate of drug-likeness (QED) is 0.680. The second-order valence-corrected chi connectivity index (χ2v) is 9.09. The first-order valence-electron chi connectivity index (χ1n) is 9.22. The zero-order valence-corrected chi connectivity index (χ0v) is 16.6. The molecule has 0 unspecified atom stereocenters. The Labute approximate surface area is 163 Å². The van der Waals surface area contributed by atoms with Gasteiger partial charge in [0, 0.05) is 25.7 Å². The van der Waals surface area contributed by atoms with Gasteiger partial charge in [-0.2, -0.15) is 5.06 Å². The average Bonchev–Trinajstić information content (AvgIpc) is 3.06. The summed E-state index contributed by atoms with van der Waals surface area (Å²) in [5.41, 5.74) is -0.0602. The molecule has 0 bridgehead atoms. The average molecular weight is 418 g/mol. The van der Waals surface area contributed by atoms with Crippen molar-refractivity contribution >= 4 is 16.0 Å². The second kappa shape index (κ2) is 8.40. The minimum Gasteiger partial charge on any atom is -0.466 e. The molecular weight excluding hydrogens is 394 g/mol. The number of hydrogen-bond acceptors (Lipinski definition) is 6. The molecule has 0 aliphatic carbocycles. The van der Waals surface area contributed by atoms with Crippen LogP contribution in [0.1, 0.15) is 31.4 Å². The number of sulfonamides is 1. The summed E-state index contributed by atoms with van der Waals surface area (Å²) in [6.07, 6.45) is 0.723. The zero-order valence-electron chi connectivity index (χ0n) is 15.8. The molecule has 2 atom stereocenters. The lowest BCUT2D eigenvalue weighted by Gasteiger charge is -2.33. The lowest BCUT2D eigenvalue weighted by molar-refractivity contribution is -0.149. The van der Waals surface area contributed by atoms with E-state index >= 15 is 0 Å². The Kier molecular flexibility index (Phi) is 6.33. The van der Waals surface area contributed by atoms with Gasteiger partial charge < -0.3 is 4.74 Å². The fraction of sp³-hybridized carbons (Fsp3) is 0.611. The van der Waals surface area contributed by atoms with Crippen LogP contribution in [0.2, 0.25) is 0 Å².